The Morgan fingerprint density at radius 1 is 0.679 bits per heavy atom. The van der Waals surface area contributed by atoms with Gasteiger partial charge < -0.3 is 18.9 Å². The lowest BCUT2D eigenvalue weighted by molar-refractivity contribution is -0.386. The van der Waals surface area contributed by atoms with Crippen LogP contribution in [0.5, 0.6) is 17.2 Å². The molecule has 0 radical (unpaired) electrons. The van der Waals surface area contributed by atoms with Crippen LogP contribution in [0, 0.1) is 0 Å². The second kappa shape index (κ2) is 9.46. The molecule has 0 saturated heterocycles. The van der Waals surface area contributed by atoms with Gasteiger partial charge in [-0.1, -0.05) is 61.5 Å². The van der Waals surface area contributed by atoms with Gasteiger partial charge in [-0.05, 0) is 42.8 Å². The van der Waals surface area contributed by atoms with Crippen LogP contribution in [0.1, 0.15) is 19.8 Å². The summed E-state index contributed by atoms with van der Waals surface area (Å²) in [4.78, 5) is 12.4. The number of benzene rings is 3. The minimum Gasteiger partial charge on any atom is -0.386 e. The summed E-state index contributed by atoms with van der Waals surface area (Å²) in [6.45, 7) is 1.89. The molecule has 5 heteroatoms. The van der Waals surface area contributed by atoms with Crippen LogP contribution in [-0.2, 0) is 9.53 Å². The average molecular weight is 378 g/mol. The molecule has 0 aliphatic heterocycles. The molecular weight excluding hydrogens is 356 g/mol. The van der Waals surface area contributed by atoms with Gasteiger partial charge in [-0.2, -0.15) is 0 Å². The zero-order valence-electron chi connectivity index (χ0n) is 15.6. The van der Waals surface area contributed by atoms with Crippen LogP contribution in [-0.4, -0.2) is 12.1 Å². The van der Waals surface area contributed by atoms with Crippen LogP contribution in [0.2, 0.25) is 0 Å². The molecule has 28 heavy (non-hydrogen) atoms. The molecule has 0 aliphatic rings. The van der Waals surface area contributed by atoms with E-state index in [1.54, 1.807) is 72.8 Å². The van der Waals surface area contributed by atoms with Gasteiger partial charge in [0.25, 0.3) is 0 Å². The molecule has 0 amide bonds. The van der Waals surface area contributed by atoms with Crippen molar-refractivity contribution in [2.45, 2.75) is 25.9 Å². The van der Waals surface area contributed by atoms with Gasteiger partial charge in [0, 0.05) is 6.42 Å². The first kappa shape index (κ1) is 19.3. The fraction of sp³-hybridized carbons (Fsp3) is 0.174. The van der Waals surface area contributed by atoms with Crippen molar-refractivity contribution in [2.24, 2.45) is 0 Å². The first-order valence-corrected chi connectivity index (χ1v) is 9.13. The van der Waals surface area contributed by atoms with E-state index in [1.807, 2.05) is 25.1 Å². The predicted molar refractivity (Wildman–Crippen MR) is 105 cm³/mol. The molecule has 0 fully saturated rings. The third-order valence-corrected chi connectivity index (χ3v) is 3.65. The van der Waals surface area contributed by atoms with Crippen LogP contribution < -0.4 is 14.2 Å². The van der Waals surface area contributed by atoms with Gasteiger partial charge in [-0.15, -0.1) is 0 Å². The van der Waals surface area contributed by atoms with E-state index in [9.17, 15) is 4.79 Å². The summed E-state index contributed by atoms with van der Waals surface area (Å²) in [5.74, 6) is 0.793. The number of para-hydroxylation sites is 3. The molecule has 3 rings (SSSR count). The van der Waals surface area contributed by atoms with Crippen LogP contribution in [0.4, 0.5) is 0 Å². The smallest absolute Gasteiger partial charge is 0.386 e. The Bertz CT molecular complexity index is 749. The predicted octanol–water partition coefficient (Wildman–Crippen LogP) is 5.18. The summed E-state index contributed by atoms with van der Waals surface area (Å²) in [6, 6.07) is 26.8. The molecule has 3 aromatic rings. The summed E-state index contributed by atoms with van der Waals surface area (Å²) in [6.07, 6.45) is -1.29. The van der Waals surface area contributed by atoms with Crippen molar-refractivity contribution in [1.82, 2.24) is 0 Å². The first-order chi connectivity index (χ1) is 13.7. The highest BCUT2D eigenvalue weighted by Gasteiger charge is 2.45. The minimum absolute atomic E-state index is 0.205. The van der Waals surface area contributed by atoms with Crippen LogP contribution in [0.15, 0.2) is 91.0 Å². The Balaban J connectivity index is 1.98. The maximum Gasteiger partial charge on any atom is 0.613 e. The van der Waals surface area contributed by atoms with Crippen LogP contribution in [0.3, 0.4) is 0 Å². The van der Waals surface area contributed by atoms with Gasteiger partial charge in [0.1, 0.15) is 17.2 Å². The van der Waals surface area contributed by atoms with Gasteiger partial charge in [0.2, 0.25) is 0 Å². The summed E-state index contributed by atoms with van der Waals surface area (Å²) in [7, 11) is 0. The normalized spacial score (nSPS) is 10.8. The summed E-state index contributed by atoms with van der Waals surface area (Å²) in [5, 5.41) is 0. The van der Waals surface area contributed by atoms with Crippen LogP contribution >= 0.6 is 0 Å². The molecule has 3 aromatic carbocycles. The van der Waals surface area contributed by atoms with E-state index < -0.39 is 12.1 Å². The third-order valence-electron chi connectivity index (χ3n) is 3.65. The van der Waals surface area contributed by atoms with Crippen LogP contribution in [0.25, 0.3) is 0 Å². The lowest BCUT2D eigenvalue weighted by Gasteiger charge is -2.31. The van der Waals surface area contributed by atoms with Gasteiger partial charge in [-0.3, -0.25) is 4.79 Å². The Labute approximate surface area is 164 Å². The maximum atomic E-state index is 12.4. The molecule has 144 valence electrons. The lowest BCUT2D eigenvalue weighted by Crippen LogP contribution is -2.52. The largest absolute Gasteiger partial charge is 0.613 e. The quantitative estimate of drug-likeness (QED) is 0.379. The Hall–Kier alpha value is -3.47. The highest BCUT2D eigenvalue weighted by Crippen LogP contribution is 2.28. The monoisotopic (exact) mass is 378 g/mol. The molecule has 0 aliphatic carbocycles. The molecule has 0 aromatic heterocycles. The van der Waals surface area contributed by atoms with Gasteiger partial charge in [-0.25, -0.2) is 0 Å². The molecule has 0 unspecified atom stereocenters. The van der Waals surface area contributed by atoms with Crippen molar-refractivity contribution in [3.8, 4) is 17.2 Å². The van der Waals surface area contributed by atoms with Crippen molar-refractivity contribution in [1.29, 1.82) is 0 Å². The maximum absolute atomic E-state index is 12.4. The highest BCUT2D eigenvalue weighted by atomic mass is 17.0. The molecule has 0 atom stereocenters. The van der Waals surface area contributed by atoms with E-state index in [0.29, 0.717) is 23.7 Å². The molecule has 5 nitrogen and oxygen atoms in total. The molecule has 0 saturated carbocycles. The zero-order chi connectivity index (χ0) is 19.7. The second-order valence-corrected chi connectivity index (χ2v) is 5.97. The molecular formula is C23H22O5. The van der Waals surface area contributed by atoms with Gasteiger partial charge in [0.15, 0.2) is 0 Å². The zero-order valence-corrected chi connectivity index (χ0v) is 15.6. The number of carbonyl (C=O) groups excluding carboxylic acids is 1. The fourth-order valence-corrected chi connectivity index (χ4v) is 2.42. The van der Waals surface area contributed by atoms with Crippen molar-refractivity contribution in [2.75, 3.05) is 0 Å². The topological polar surface area (TPSA) is 54.0 Å². The average Bonchev–Trinajstić information content (AvgIpc) is 2.70. The van der Waals surface area contributed by atoms with Gasteiger partial charge >= 0.3 is 12.1 Å². The lowest BCUT2D eigenvalue weighted by atomic mass is 10.3. The number of hydrogen-bond acceptors (Lipinski definition) is 5. The highest BCUT2D eigenvalue weighted by molar-refractivity contribution is 5.69. The number of ether oxygens (including phenoxy) is 4. The van der Waals surface area contributed by atoms with E-state index in [4.69, 9.17) is 18.9 Å². The van der Waals surface area contributed by atoms with Crippen molar-refractivity contribution < 1.29 is 23.7 Å². The fourth-order valence-electron chi connectivity index (χ4n) is 2.42. The Morgan fingerprint density at radius 3 is 1.36 bits per heavy atom. The van der Waals surface area contributed by atoms with E-state index >= 15 is 0 Å². The summed E-state index contributed by atoms with van der Waals surface area (Å²) < 4.78 is 23.4. The number of carbonyl (C=O) groups is 1. The molecule has 0 N–H and O–H groups in total. The second-order valence-electron chi connectivity index (χ2n) is 5.97. The molecule has 0 heterocycles. The van der Waals surface area contributed by atoms with Gasteiger partial charge in [0.05, 0.1) is 0 Å². The minimum atomic E-state index is -2.11. The number of esters is 1. The van der Waals surface area contributed by atoms with E-state index in [0.717, 1.165) is 0 Å². The standard InChI is InChI=1S/C23H22O5/c1-2-12-22(24)28-23(25-19-13-6-3-7-14-19,26-20-15-8-4-9-16-20)27-21-17-10-5-11-18-21/h3-11,13-18H,2,12H2,1H3. The summed E-state index contributed by atoms with van der Waals surface area (Å²) >= 11 is 0. The first-order valence-electron chi connectivity index (χ1n) is 9.13. The molecule has 0 bridgehead atoms. The Kier molecular flexibility index (Phi) is 6.52. The third kappa shape index (κ3) is 5.51. The van der Waals surface area contributed by atoms with Crippen molar-refractivity contribution in [3.63, 3.8) is 0 Å². The molecule has 0 spiro atoms. The number of rotatable bonds is 9. The van der Waals surface area contributed by atoms with E-state index in [2.05, 4.69) is 0 Å². The van der Waals surface area contributed by atoms with Crippen molar-refractivity contribution in [3.05, 3.63) is 91.0 Å². The van der Waals surface area contributed by atoms with E-state index in [-0.39, 0.29) is 6.42 Å². The van der Waals surface area contributed by atoms with E-state index in [1.165, 1.54) is 0 Å². The SMILES string of the molecule is CCCC(=O)OC(Oc1ccccc1)(Oc1ccccc1)Oc1ccccc1. The van der Waals surface area contributed by atoms with Crippen molar-refractivity contribution >= 4 is 5.97 Å². The number of hydrogen-bond donors (Lipinski definition) is 0. The summed E-state index contributed by atoms with van der Waals surface area (Å²) in [5.41, 5.74) is 0. The Morgan fingerprint density at radius 2 is 1.04 bits per heavy atom.